The standard InChI is InChI=1S/C14H15FN2O4/c1-2-7-16-14(20)17-12(18)9-21-13(19)8-10-5-3-4-6-11(10)15/h2-6H,1,7-9H2,(H2,16,17,18,20). The molecule has 0 aliphatic rings. The van der Waals surface area contributed by atoms with Crippen LogP contribution in [-0.4, -0.2) is 31.1 Å². The molecule has 1 aromatic carbocycles. The summed E-state index contributed by atoms with van der Waals surface area (Å²) in [5.41, 5.74) is 0.173. The quantitative estimate of drug-likeness (QED) is 0.603. The molecule has 0 radical (unpaired) electrons. The summed E-state index contributed by atoms with van der Waals surface area (Å²) in [5, 5.41) is 4.28. The maximum atomic E-state index is 13.3. The highest BCUT2D eigenvalue weighted by Crippen LogP contribution is 2.07. The van der Waals surface area contributed by atoms with Crippen LogP contribution in [0.2, 0.25) is 0 Å². The van der Waals surface area contributed by atoms with E-state index in [1.165, 1.54) is 24.3 Å². The highest BCUT2D eigenvalue weighted by molar-refractivity contribution is 5.95. The summed E-state index contributed by atoms with van der Waals surface area (Å²) < 4.78 is 17.9. The van der Waals surface area contributed by atoms with E-state index in [1.807, 2.05) is 5.32 Å². The lowest BCUT2D eigenvalue weighted by Crippen LogP contribution is -2.41. The third-order valence-electron chi connectivity index (χ3n) is 2.32. The van der Waals surface area contributed by atoms with E-state index in [0.717, 1.165) is 0 Å². The van der Waals surface area contributed by atoms with Crippen LogP contribution >= 0.6 is 0 Å². The molecule has 0 aliphatic carbocycles. The molecule has 0 aliphatic heterocycles. The lowest BCUT2D eigenvalue weighted by molar-refractivity contribution is -0.147. The number of ether oxygens (including phenoxy) is 1. The van der Waals surface area contributed by atoms with Crippen LogP contribution in [0.1, 0.15) is 5.56 Å². The van der Waals surface area contributed by atoms with Crippen molar-refractivity contribution in [2.24, 2.45) is 0 Å². The maximum absolute atomic E-state index is 13.3. The maximum Gasteiger partial charge on any atom is 0.321 e. The molecule has 0 fully saturated rings. The number of hydrogen-bond acceptors (Lipinski definition) is 4. The number of esters is 1. The number of rotatable bonds is 6. The first-order valence-electron chi connectivity index (χ1n) is 6.10. The van der Waals surface area contributed by atoms with Gasteiger partial charge in [0.15, 0.2) is 6.61 Å². The zero-order valence-electron chi connectivity index (χ0n) is 11.2. The van der Waals surface area contributed by atoms with Gasteiger partial charge in [0.1, 0.15) is 5.82 Å². The molecule has 3 amide bonds. The van der Waals surface area contributed by atoms with E-state index in [-0.39, 0.29) is 18.5 Å². The van der Waals surface area contributed by atoms with Crippen LogP contribution in [0.4, 0.5) is 9.18 Å². The van der Waals surface area contributed by atoms with Crippen molar-refractivity contribution in [1.29, 1.82) is 0 Å². The molecule has 0 saturated heterocycles. The molecule has 0 bridgehead atoms. The Morgan fingerprint density at radius 3 is 2.67 bits per heavy atom. The Kier molecular flexibility index (Phi) is 6.59. The minimum atomic E-state index is -0.779. The molecule has 21 heavy (non-hydrogen) atoms. The molecule has 112 valence electrons. The molecule has 0 saturated carbocycles. The highest BCUT2D eigenvalue weighted by atomic mass is 19.1. The van der Waals surface area contributed by atoms with Gasteiger partial charge in [-0.05, 0) is 11.6 Å². The van der Waals surface area contributed by atoms with Gasteiger partial charge in [0.25, 0.3) is 5.91 Å². The molecular formula is C14H15FN2O4. The summed E-state index contributed by atoms with van der Waals surface area (Å²) in [6.07, 6.45) is 1.15. The monoisotopic (exact) mass is 294 g/mol. The Balaban J connectivity index is 2.33. The van der Waals surface area contributed by atoms with Gasteiger partial charge in [0, 0.05) is 6.54 Å². The number of nitrogens with one attached hydrogen (secondary N) is 2. The molecule has 2 N–H and O–H groups in total. The lowest BCUT2D eigenvalue weighted by atomic mass is 10.1. The molecule has 0 heterocycles. The van der Waals surface area contributed by atoms with E-state index < -0.39 is 30.3 Å². The van der Waals surface area contributed by atoms with Crippen LogP contribution in [0.15, 0.2) is 36.9 Å². The number of hydrogen-bond donors (Lipinski definition) is 2. The second-order valence-corrected chi connectivity index (χ2v) is 3.98. The van der Waals surface area contributed by atoms with Gasteiger partial charge in [-0.1, -0.05) is 24.3 Å². The van der Waals surface area contributed by atoms with Crippen molar-refractivity contribution >= 4 is 17.9 Å². The second-order valence-electron chi connectivity index (χ2n) is 3.98. The van der Waals surface area contributed by atoms with Crippen LogP contribution in [0.5, 0.6) is 0 Å². The van der Waals surface area contributed by atoms with Gasteiger partial charge in [0.05, 0.1) is 6.42 Å². The average Bonchev–Trinajstić information content (AvgIpc) is 2.45. The molecular weight excluding hydrogens is 279 g/mol. The first-order chi connectivity index (χ1) is 10.0. The van der Waals surface area contributed by atoms with Gasteiger partial charge in [0.2, 0.25) is 0 Å². The summed E-state index contributed by atoms with van der Waals surface area (Å²) in [4.78, 5) is 33.8. The zero-order chi connectivity index (χ0) is 15.7. The fourth-order valence-corrected chi connectivity index (χ4v) is 1.37. The summed E-state index contributed by atoms with van der Waals surface area (Å²) in [6.45, 7) is 2.98. The number of benzene rings is 1. The van der Waals surface area contributed by atoms with E-state index in [2.05, 4.69) is 16.6 Å². The van der Waals surface area contributed by atoms with Crippen molar-refractivity contribution < 1.29 is 23.5 Å². The van der Waals surface area contributed by atoms with Gasteiger partial charge in [-0.25, -0.2) is 9.18 Å². The minimum Gasteiger partial charge on any atom is -0.455 e. The Hall–Kier alpha value is -2.70. The number of imide groups is 1. The fraction of sp³-hybridized carbons (Fsp3) is 0.214. The lowest BCUT2D eigenvalue weighted by Gasteiger charge is -2.06. The van der Waals surface area contributed by atoms with E-state index in [4.69, 9.17) is 0 Å². The van der Waals surface area contributed by atoms with Gasteiger partial charge >= 0.3 is 12.0 Å². The summed E-state index contributed by atoms with van der Waals surface area (Å²) in [7, 11) is 0. The molecule has 0 atom stereocenters. The van der Waals surface area contributed by atoms with Crippen molar-refractivity contribution in [1.82, 2.24) is 10.6 Å². The molecule has 7 heteroatoms. The van der Waals surface area contributed by atoms with Gasteiger partial charge in [-0.3, -0.25) is 14.9 Å². The van der Waals surface area contributed by atoms with Crippen molar-refractivity contribution in [3.8, 4) is 0 Å². The predicted octanol–water partition coefficient (Wildman–Crippen LogP) is 0.923. The van der Waals surface area contributed by atoms with Gasteiger partial charge in [-0.15, -0.1) is 6.58 Å². The molecule has 0 unspecified atom stereocenters. The summed E-state index contributed by atoms with van der Waals surface area (Å²) in [5.74, 6) is -2.07. The Bertz CT molecular complexity index is 546. The molecule has 6 nitrogen and oxygen atoms in total. The van der Waals surface area contributed by atoms with Crippen molar-refractivity contribution in [2.45, 2.75) is 6.42 Å². The van der Waals surface area contributed by atoms with Crippen molar-refractivity contribution in [3.05, 3.63) is 48.3 Å². The second kappa shape index (κ2) is 8.47. The number of carbonyl (C=O) groups excluding carboxylic acids is 3. The third kappa shape index (κ3) is 6.33. The van der Waals surface area contributed by atoms with Crippen LogP contribution in [0.3, 0.4) is 0 Å². The van der Waals surface area contributed by atoms with Crippen LogP contribution < -0.4 is 10.6 Å². The SMILES string of the molecule is C=CCNC(=O)NC(=O)COC(=O)Cc1ccccc1F. The smallest absolute Gasteiger partial charge is 0.321 e. The topological polar surface area (TPSA) is 84.5 Å². The fourth-order valence-electron chi connectivity index (χ4n) is 1.37. The largest absolute Gasteiger partial charge is 0.455 e. The summed E-state index contributed by atoms with van der Waals surface area (Å²) in [6, 6.07) is 5.03. The average molecular weight is 294 g/mol. The van der Waals surface area contributed by atoms with E-state index in [1.54, 1.807) is 6.07 Å². The van der Waals surface area contributed by atoms with Crippen molar-refractivity contribution in [2.75, 3.05) is 13.2 Å². The number of halogens is 1. The third-order valence-corrected chi connectivity index (χ3v) is 2.32. The van der Waals surface area contributed by atoms with Crippen LogP contribution in [-0.2, 0) is 20.7 Å². The summed E-state index contributed by atoms with van der Waals surface area (Å²) >= 11 is 0. The molecule has 1 rings (SSSR count). The number of carbonyl (C=O) groups is 3. The molecule has 0 spiro atoms. The Morgan fingerprint density at radius 2 is 2.00 bits per heavy atom. The highest BCUT2D eigenvalue weighted by Gasteiger charge is 2.12. The first-order valence-corrected chi connectivity index (χ1v) is 6.10. The molecule has 0 aromatic heterocycles. The minimum absolute atomic E-state index is 0.173. The normalized spacial score (nSPS) is 9.57. The van der Waals surface area contributed by atoms with Crippen molar-refractivity contribution in [3.63, 3.8) is 0 Å². The zero-order valence-corrected chi connectivity index (χ0v) is 11.2. The van der Waals surface area contributed by atoms with Gasteiger partial charge < -0.3 is 10.1 Å². The first kappa shape index (κ1) is 16.4. The molecule has 1 aromatic rings. The van der Waals surface area contributed by atoms with E-state index >= 15 is 0 Å². The van der Waals surface area contributed by atoms with Crippen LogP contribution in [0, 0.1) is 5.82 Å². The van der Waals surface area contributed by atoms with Crippen LogP contribution in [0.25, 0.3) is 0 Å². The predicted molar refractivity (Wildman–Crippen MR) is 72.8 cm³/mol. The Morgan fingerprint density at radius 1 is 1.29 bits per heavy atom. The number of amides is 3. The van der Waals surface area contributed by atoms with E-state index in [0.29, 0.717) is 0 Å². The Labute approximate surface area is 121 Å². The number of urea groups is 1. The van der Waals surface area contributed by atoms with Gasteiger partial charge in [-0.2, -0.15) is 0 Å². The van der Waals surface area contributed by atoms with E-state index in [9.17, 15) is 18.8 Å².